The van der Waals surface area contributed by atoms with Gasteiger partial charge >= 0.3 is 5.97 Å². The molecule has 2 N–H and O–H groups in total. The molecule has 0 aliphatic heterocycles. The molecule has 2 aromatic carbocycles. The molecule has 0 saturated heterocycles. The summed E-state index contributed by atoms with van der Waals surface area (Å²) in [5, 5.41) is 25.0. The van der Waals surface area contributed by atoms with Crippen LogP contribution in [0.25, 0.3) is 21.8 Å². The van der Waals surface area contributed by atoms with E-state index >= 15 is 0 Å². The zero-order valence-corrected chi connectivity index (χ0v) is 16.1. The van der Waals surface area contributed by atoms with Gasteiger partial charge in [0.1, 0.15) is 5.75 Å². The number of carboxylic acids is 1. The molecule has 7 nitrogen and oxygen atoms in total. The molecule has 29 heavy (non-hydrogen) atoms. The summed E-state index contributed by atoms with van der Waals surface area (Å²) >= 11 is 0. The molecule has 2 heterocycles. The van der Waals surface area contributed by atoms with Crippen LogP contribution in [0, 0.1) is 18.3 Å². The number of benzene rings is 2. The van der Waals surface area contributed by atoms with Gasteiger partial charge in [0.2, 0.25) is 0 Å². The number of aromatic nitrogens is 3. The van der Waals surface area contributed by atoms with Crippen molar-refractivity contribution in [2.24, 2.45) is 0 Å². The van der Waals surface area contributed by atoms with Crippen LogP contribution in [0.4, 0.5) is 0 Å². The van der Waals surface area contributed by atoms with Crippen LogP contribution in [0.1, 0.15) is 35.6 Å². The normalized spacial score (nSPS) is 12.2. The second-order valence-electron chi connectivity index (χ2n) is 7.02. The number of nitrogens with zero attached hydrogens (tertiary/aromatic N) is 3. The van der Waals surface area contributed by atoms with E-state index < -0.39 is 5.97 Å². The van der Waals surface area contributed by atoms with Crippen molar-refractivity contribution in [2.45, 2.75) is 25.8 Å². The summed E-state index contributed by atoms with van der Waals surface area (Å²) in [4.78, 5) is 14.6. The van der Waals surface area contributed by atoms with Crippen molar-refractivity contribution in [1.29, 1.82) is 5.26 Å². The predicted octanol–water partition coefficient (Wildman–Crippen LogP) is 4.16. The lowest BCUT2D eigenvalue weighted by Gasteiger charge is -2.22. The fourth-order valence-corrected chi connectivity index (χ4v) is 3.85. The minimum Gasteiger partial charge on any atom is -0.496 e. The van der Waals surface area contributed by atoms with E-state index in [1.807, 2.05) is 37.5 Å². The lowest BCUT2D eigenvalue weighted by atomic mass is 9.95. The highest BCUT2D eigenvalue weighted by atomic mass is 16.5. The molecule has 0 fully saturated rings. The first-order valence-electron chi connectivity index (χ1n) is 9.27. The van der Waals surface area contributed by atoms with Crippen LogP contribution < -0.4 is 4.74 Å². The highest BCUT2D eigenvalue weighted by molar-refractivity contribution is 5.89. The van der Waals surface area contributed by atoms with Crippen LogP contribution in [-0.2, 0) is 4.79 Å². The number of nitrogens with one attached hydrogen (secondary N) is 1. The molecular formula is C22H20N4O3. The topological polar surface area (TPSA) is 104 Å². The second kappa shape index (κ2) is 7.32. The number of nitriles is 1. The predicted molar refractivity (Wildman–Crippen MR) is 109 cm³/mol. The smallest absolute Gasteiger partial charge is 0.303 e. The largest absolute Gasteiger partial charge is 0.496 e. The molecule has 0 bridgehead atoms. The van der Waals surface area contributed by atoms with Gasteiger partial charge < -0.3 is 14.8 Å². The summed E-state index contributed by atoms with van der Waals surface area (Å²) in [7, 11) is 1.61. The Labute approximate surface area is 167 Å². The first-order valence-corrected chi connectivity index (χ1v) is 9.27. The summed E-state index contributed by atoms with van der Waals surface area (Å²) < 4.78 is 7.46. The lowest BCUT2D eigenvalue weighted by Crippen LogP contribution is -2.15. The number of fused-ring (bicyclic) bond motifs is 2. The monoisotopic (exact) mass is 388 g/mol. The molecule has 0 amide bonds. The molecule has 1 atom stereocenters. The van der Waals surface area contributed by atoms with Crippen LogP contribution in [-0.4, -0.2) is 33.0 Å². The fraction of sp³-hybridized carbons (Fsp3) is 0.227. The second-order valence-corrected chi connectivity index (χ2v) is 7.02. The van der Waals surface area contributed by atoms with Gasteiger partial charge in [0, 0.05) is 40.7 Å². The summed E-state index contributed by atoms with van der Waals surface area (Å²) in [5.74, 6) is -0.169. The van der Waals surface area contributed by atoms with Gasteiger partial charge in [0.25, 0.3) is 0 Å². The van der Waals surface area contributed by atoms with E-state index in [0.717, 1.165) is 27.4 Å². The van der Waals surface area contributed by atoms with Gasteiger partial charge in [-0.05, 0) is 49.2 Å². The van der Waals surface area contributed by atoms with E-state index in [1.54, 1.807) is 23.9 Å². The Balaban J connectivity index is 1.93. The molecule has 146 valence electrons. The Morgan fingerprint density at radius 3 is 2.93 bits per heavy atom. The fourth-order valence-electron chi connectivity index (χ4n) is 3.85. The Hall–Kier alpha value is -3.79. The number of aryl methyl sites for hydroxylation is 1. The maximum absolute atomic E-state index is 11.3. The van der Waals surface area contributed by atoms with Crippen LogP contribution in [0.3, 0.4) is 0 Å². The SMILES string of the molecule is COc1cc(C)c2[nH]ccc2c1[C@@H](CCC(=O)O)n1cc2ccc(C#N)cc2n1. The van der Waals surface area contributed by atoms with E-state index in [9.17, 15) is 9.90 Å². The molecule has 7 heteroatoms. The van der Waals surface area contributed by atoms with Crippen molar-refractivity contribution in [3.8, 4) is 11.8 Å². The highest BCUT2D eigenvalue weighted by Gasteiger charge is 2.24. The van der Waals surface area contributed by atoms with E-state index in [1.165, 1.54) is 0 Å². The maximum atomic E-state index is 11.3. The molecule has 4 rings (SSSR count). The van der Waals surface area contributed by atoms with E-state index in [-0.39, 0.29) is 12.5 Å². The van der Waals surface area contributed by atoms with Gasteiger partial charge in [-0.15, -0.1) is 0 Å². The Bertz CT molecular complexity index is 1260. The van der Waals surface area contributed by atoms with Crippen molar-refractivity contribution in [3.63, 3.8) is 0 Å². The standard InChI is InChI=1S/C22H20N4O3/c1-13-9-19(29-2)21(16-7-8-24-22(13)16)18(5-6-20(27)28)26-12-15-4-3-14(11-23)10-17(15)25-26/h3-4,7-10,12,18,24H,5-6H2,1-2H3,(H,27,28)/t18-/m1/s1. The minimum atomic E-state index is -0.866. The van der Waals surface area contributed by atoms with Gasteiger partial charge in [-0.25, -0.2) is 0 Å². The Kier molecular flexibility index (Phi) is 4.69. The van der Waals surface area contributed by atoms with Gasteiger partial charge in [-0.1, -0.05) is 0 Å². The maximum Gasteiger partial charge on any atom is 0.303 e. The summed E-state index contributed by atoms with van der Waals surface area (Å²) in [6, 6.07) is 11.1. The van der Waals surface area contributed by atoms with Gasteiger partial charge in [0.05, 0.1) is 30.3 Å². The number of carbonyl (C=O) groups is 1. The number of ether oxygens (including phenoxy) is 1. The van der Waals surface area contributed by atoms with Crippen molar-refractivity contribution >= 4 is 27.8 Å². The van der Waals surface area contributed by atoms with E-state index in [0.29, 0.717) is 23.3 Å². The first-order chi connectivity index (χ1) is 14.0. The van der Waals surface area contributed by atoms with Crippen molar-refractivity contribution < 1.29 is 14.6 Å². The minimum absolute atomic E-state index is 0.00668. The molecule has 0 unspecified atom stereocenters. The molecule has 0 aliphatic rings. The van der Waals surface area contributed by atoms with Crippen LogP contribution in [0.2, 0.25) is 0 Å². The summed E-state index contributed by atoms with van der Waals surface area (Å²) in [6.45, 7) is 2.00. The number of aromatic amines is 1. The number of hydrogen-bond acceptors (Lipinski definition) is 4. The third-order valence-corrected chi connectivity index (χ3v) is 5.20. The van der Waals surface area contributed by atoms with Crippen molar-refractivity contribution in [2.75, 3.05) is 7.11 Å². The number of rotatable bonds is 6. The zero-order chi connectivity index (χ0) is 20.5. The van der Waals surface area contributed by atoms with Gasteiger partial charge in [0.15, 0.2) is 0 Å². The highest BCUT2D eigenvalue weighted by Crippen LogP contribution is 2.39. The van der Waals surface area contributed by atoms with Crippen molar-refractivity contribution in [1.82, 2.24) is 14.8 Å². The van der Waals surface area contributed by atoms with Crippen LogP contribution in [0.5, 0.6) is 5.75 Å². The molecular weight excluding hydrogens is 368 g/mol. The van der Waals surface area contributed by atoms with Crippen molar-refractivity contribution in [3.05, 3.63) is 59.4 Å². The molecule has 4 aromatic rings. The van der Waals surface area contributed by atoms with Crippen LogP contribution in [0.15, 0.2) is 42.7 Å². The van der Waals surface area contributed by atoms with E-state index in [4.69, 9.17) is 10.00 Å². The molecule has 0 radical (unpaired) electrons. The summed E-state index contributed by atoms with van der Waals surface area (Å²) in [5.41, 5.74) is 4.16. The Morgan fingerprint density at radius 2 is 2.21 bits per heavy atom. The molecule has 0 saturated carbocycles. The van der Waals surface area contributed by atoms with E-state index in [2.05, 4.69) is 16.2 Å². The molecule has 0 aliphatic carbocycles. The summed E-state index contributed by atoms with van der Waals surface area (Å²) in [6.07, 6.45) is 4.11. The Morgan fingerprint density at radius 1 is 1.38 bits per heavy atom. The molecule has 2 aromatic heterocycles. The quantitative estimate of drug-likeness (QED) is 0.516. The third kappa shape index (κ3) is 3.29. The average molecular weight is 388 g/mol. The number of H-pyrrole nitrogens is 1. The lowest BCUT2D eigenvalue weighted by molar-refractivity contribution is -0.137. The number of methoxy groups -OCH3 is 1. The number of carboxylic acid groups (broad SMARTS) is 1. The number of hydrogen-bond donors (Lipinski definition) is 2. The zero-order valence-electron chi connectivity index (χ0n) is 16.1. The third-order valence-electron chi connectivity index (χ3n) is 5.20. The average Bonchev–Trinajstić information content (AvgIpc) is 3.35. The first kappa shape index (κ1) is 18.6. The van der Waals surface area contributed by atoms with Crippen LogP contribution >= 0.6 is 0 Å². The molecule has 0 spiro atoms. The van der Waals surface area contributed by atoms with Gasteiger partial charge in [-0.3, -0.25) is 9.48 Å². The number of aliphatic carboxylic acids is 1. The van der Waals surface area contributed by atoms with Gasteiger partial charge in [-0.2, -0.15) is 10.4 Å².